The van der Waals surface area contributed by atoms with E-state index in [1.54, 1.807) is 23.1 Å². The number of carbonyl (C=O) groups is 2. The van der Waals surface area contributed by atoms with Crippen molar-refractivity contribution in [2.45, 2.75) is 13.3 Å². The van der Waals surface area contributed by atoms with E-state index >= 15 is 0 Å². The lowest BCUT2D eigenvalue weighted by atomic mass is 10.2. The Hall–Kier alpha value is -2.44. The molecule has 0 aliphatic carbocycles. The molecule has 0 N–H and O–H groups in total. The molecule has 0 saturated carbocycles. The molecular formula is C13H16N4O3. The van der Waals surface area contributed by atoms with Crippen LogP contribution in [-0.2, 0) is 9.53 Å². The van der Waals surface area contributed by atoms with E-state index in [2.05, 4.69) is 14.8 Å². The number of amides is 1. The standard InChI is InChI=1S/C13H16N4O3/c1-3-5-16(9-12(18)20-2)13(19)10-7-15-17-6-4-14-8-11(10)17/h4,6-8H,3,5,9H2,1-2H3. The van der Waals surface area contributed by atoms with Crippen molar-refractivity contribution in [2.24, 2.45) is 0 Å². The second kappa shape index (κ2) is 6.14. The molecule has 2 aromatic heterocycles. The highest BCUT2D eigenvalue weighted by molar-refractivity contribution is 6.01. The van der Waals surface area contributed by atoms with Crippen LogP contribution in [-0.4, -0.2) is 51.6 Å². The van der Waals surface area contributed by atoms with Gasteiger partial charge >= 0.3 is 5.97 Å². The summed E-state index contributed by atoms with van der Waals surface area (Å²) >= 11 is 0. The number of fused-ring (bicyclic) bond motifs is 1. The van der Waals surface area contributed by atoms with Gasteiger partial charge in [0.1, 0.15) is 6.54 Å². The van der Waals surface area contributed by atoms with Gasteiger partial charge in [0.15, 0.2) is 0 Å². The quantitative estimate of drug-likeness (QED) is 0.753. The lowest BCUT2D eigenvalue weighted by Gasteiger charge is -2.20. The highest BCUT2D eigenvalue weighted by atomic mass is 16.5. The minimum atomic E-state index is -0.443. The first-order chi connectivity index (χ1) is 9.67. The minimum Gasteiger partial charge on any atom is -0.468 e. The smallest absolute Gasteiger partial charge is 0.325 e. The normalized spacial score (nSPS) is 10.5. The van der Waals surface area contributed by atoms with Gasteiger partial charge in [0.05, 0.1) is 30.6 Å². The number of hydrogen-bond donors (Lipinski definition) is 0. The summed E-state index contributed by atoms with van der Waals surface area (Å²) in [6.07, 6.45) is 7.06. The summed E-state index contributed by atoms with van der Waals surface area (Å²) in [7, 11) is 1.30. The van der Waals surface area contributed by atoms with Gasteiger partial charge < -0.3 is 9.64 Å². The first-order valence-electron chi connectivity index (χ1n) is 6.30. The molecule has 2 heterocycles. The molecule has 20 heavy (non-hydrogen) atoms. The molecule has 0 aliphatic rings. The van der Waals surface area contributed by atoms with Gasteiger partial charge in [0.2, 0.25) is 0 Å². The van der Waals surface area contributed by atoms with Crippen molar-refractivity contribution >= 4 is 17.4 Å². The number of ether oxygens (including phenoxy) is 1. The zero-order valence-electron chi connectivity index (χ0n) is 11.4. The summed E-state index contributed by atoms with van der Waals surface area (Å²) in [5.41, 5.74) is 1.04. The van der Waals surface area contributed by atoms with E-state index in [1.165, 1.54) is 18.2 Å². The molecule has 2 aromatic rings. The largest absolute Gasteiger partial charge is 0.468 e. The van der Waals surface area contributed by atoms with Gasteiger partial charge in [-0.25, -0.2) is 4.52 Å². The van der Waals surface area contributed by atoms with Crippen LogP contribution in [0.15, 0.2) is 24.8 Å². The van der Waals surface area contributed by atoms with Gasteiger partial charge in [-0.3, -0.25) is 14.6 Å². The number of hydrogen-bond acceptors (Lipinski definition) is 5. The highest BCUT2D eigenvalue weighted by Gasteiger charge is 2.21. The van der Waals surface area contributed by atoms with Gasteiger partial charge in [-0.1, -0.05) is 6.92 Å². The second-order valence-corrected chi connectivity index (χ2v) is 4.27. The van der Waals surface area contributed by atoms with E-state index in [9.17, 15) is 9.59 Å². The van der Waals surface area contributed by atoms with Crippen molar-refractivity contribution in [1.29, 1.82) is 0 Å². The zero-order valence-corrected chi connectivity index (χ0v) is 11.4. The third-order valence-corrected chi connectivity index (χ3v) is 2.88. The van der Waals surface area contributed by atoms with Crippen LogP contribution in [0.3, 0.4) is 0 Å². The van der Waals surface area contributed by atoms with Crippen molar-refractivity contribution in [3.05, 3.63) is 30.4 Å². The van der Waals surface area contributed by atoms with Gasteiger partial charge in [0, 0.05) is 18.9 Å². The summed E-state index contributed by atoms with van der Waals surface area (Å²) in [6, 6.07) is 0. The summed E-state index contributed by atoms with van der Waals surface area (Å²) in [6.45, 7) is 2.35. The van der Waals surface area contributed by atoms with Crippen LogP contribution >= 0.6 is 0 Å². The number of nitrogens with zero attached hydrogens (tertiary/aromatic N) is 4. The average molecular weight is 276 g/mol. The molecule has 0 radical (unpaired) electrons. The number of methoxy groups -OCH3 is 1. The van der Waals surface area contributed by atoms with Crippen LogP contribution in [0, 0.1) is 0 Å². The van der Waals surface area contributed by atoms with E-state index < -0.39 is 5.97 Å². The molecule has 1 amide bonds. The van der Waals surface area contributed by atoms with Gasteiger partial charge in [-0.15, -0.1) is 0 Å². The molecule has 0 spiro atoms. The Morgan fingerprint density at radius 3 is 2.90 bits per heavy atom. The molecular weight excluding hydrogens is 260 g/mol. The highest BCUT2D eigenvalue weighted by Crippen LogP contribution is 2.12. The molecule has 7 nitrogen and oxygen atoms in total. The summed E-state index contributed by atoms with van der Waals surface area (Å²) in [5.74, 6) is -0.693. The van der Waals surface area contributed by atoms with Crippen molar-refractivity contribution in [3.63, 3.8) is 0 Å². The third kappa shape index (κ3) is 2.76. The van der Waals surface area contributed by atoms with Crippen molar-refractivity contribution in [2.75, 3.05) is 20.2 Å². The molecule has 0 atom stereocenters. The Kier molecular flexibility index (Phi) is 4.29. The van der Waals surface area contributed by atoms with Crippen LogP contribution in [0.5, 0.6) is 0 Å². The predicted octanol–water partition coefficient (Wildman–Crippen LogP) is 0.754. The van der Waals surface area contributed by atoms with E-state index in [1.807, 2.05) is 6.92 Å². The molecule has 0 aromatic carbocycles. The Morgan fingerprint density at radius 1 is 1.40 bits per heavy atom. The SMILES string of the molecule is CCCN(CC(=O)OC)C(=O)c1cnn2ccncc12. The van der Waals surface area contributed by atoms with E-state index in [-0.39, 0.29) is 12.5 Å². The molecule has 0 bridgehead atoms. The maximum Gasteiger partial charge on any atom is 0.325 e. The van der Waals surface area contributed by atoms with Crippen molar-refractivity contribution in [3.8, 4) is 0 Å². The van der Waals surface area contributed by atoms with Gasteiger partial charge in [0.25, 0.3) is 5.91 Å². The average Bonchev–Trinajstić information content (AvgIpc) is 2.89. The minimum absolute atomic E-state index is 0.0687. The first-order valence-corrected chi connectivity index (χ1v) is 6.30. The lowest BCUT2D eigenvalue weighted by Crippen LogP contribution is -2.36. The fourth-order valence-corrected chi connectivity index (χ4v) is 1.91. The Balaban J connectivity index is 2.29. The molecule has 0 unspecified atom stereocenters. The second-order valence-electron chi connectivity index (χ2n) is 4.27. The fourth-order valence-electron chi connectivity index (χ4n) is 1.91. The Morgan fingerprint density at radius 2 is 2.20 bits per heavy atom. The van der Waals surface area contributed by atoms with E-state index in [4.69, 9.17) is 0 Å². The Bertz CT molecular complexity index is 623. The number of rotatable bonds is 5. The Labute approximate surface area is 116 Å². The maximum absolute atomic E-state index is 12.5. The molecule has 0 fully saturated rings. The van der Waals surface area contributed by atoms with Crippen LogP contribution in [0.1, 0.15) is 23.7 Å². The number of esters is 1. The summed E-state index contributed by atoms with van der Waals surface area (Å²) in [5, 5.41) is 4.09. The molecule has 2 rings (SSSR count). The lowest BCUT2D eigenvalue weighted by molar-refractivity contribution is -0.141. The summed E-state index contributed by atoms with van der Waals surface area (Å²) in [4.78, 5) is 29.3. The number of aromatic nitrogens is 3. The fraction of sp³-hybridized carbons (Fsp3) is 0.385. The third-order valence-electron chi connectivity index (χ3n) is 2.88. The van der Waals surface area contributed by atoms with E-state index in [0.29, 0.717) is 17.6 Å². The topological polar surface area (TPSA) is 76.8 Å². The van der Waals surface area contributed by atoms with Crippen molar-refractivity contribution in [1.82, 2.24) is 19.5 Å². The zero-order chi connectivity index (χ0) is 14.5. The van der Waals surface area contributed by atoms with Crippen molar-refractivity contribution < 1.29 is 14.3 Å². The maximum atomic E-state index is 12.5. The monoisotopic (exact) mass is 276 g/mol. The molecule has 0 aliphatic heterocycles. The van der Waals surface area contributed by atoms with Crippen LogP contribution in [0.25, 0.3) is 5.52 Å². The van der Waals surface area contributed by atoms with Gasteiger partial charge in [-0.05, 0) is 6.42 Å². The molecule has 7 heteroatoms. The first kappa shape index (κ1) is 14.0. The number of carbonyl (C=O) groups excluding carboxylic acids is 2. The summed E-state index contributed by atoms with van der Waals surface area (Å²) < 4.78 is 6.19. The van der Waals surface area contributed by atoms with Crippen LogP contribution < -0.4 is 0 Å². The van der Waals surface area contributed by atoms with E-state index in [0.717, 1.165) is 6.42 Å². The van der Waals surface area contributed by atoms with Crippen LogP contribution in [0.4, 0.5) is 0 Å². The molecule has 0 saturated heterocycles. The predicted molar refractivity (Wildman–Crippen MR) is 71.2 cm³/mol. The van der Waals surface area contributed by atoms with Gasteiger partial charge in [-0.2, -0.15) is 5.10 Å². The van der Waals surface area contributed by atoms with Crippen LogP contribution in [0.2, 0.25) is 0 Å². The molecule has 106 valence electrons.